The fourth-order valence-electron chi connectivity index (χ4n) is 8.31. The molecule has 0 fully saturated rings. The van der Waals surface area contributed by atoms with Gasteiger partial charge in [-0.05, 0) is 87.9 Å². The maximum Gasteiger partial charge on any atom is 0.165 e. The first kappa shape index (κ1) is 30.4. The normalized spacial score (nSPS) is 11.7. The molecule has 3 heteroatoms. The van der Waals surface area contributed by atoms with Gasteiger partial charge in [-0.2, -0.15) is 0 Å². The molecule has 0 aliphatic carbocycles. The van der Waals surface area contributed by atoms with Gasteiger partial charge in [0.25, 0.3) is 0 Å². The number of rotatable bonds is 4. The fraction of sp³-hybridized carbons (Fsp3) is 0. The van der Waals surface area contributed by atoms with Crippen LogP contribution in [0, 0.1) is 0 Å². The Kier molecular flexibility index (Phi) is 6.86. The molecular formula is C51H31N3. The molecule has 0 atom stereocenters. The van der Waals surface area contributed by atoms with Gasteiger partial charge in [-0.25, -0.2) is 15.0 Å². The van der Waals surface area contributed by atoms with Gasteiger partial charge in [0.15, 0.2) is 17.5 Å². The van der Waals surface area contributed by atoms with Crippen LogP contribution in [0.15, 0.2) is 188 Å². The van der Waals surface area contributed by atoms with E-state index in [0.29, 0.717) is 17.5 Å². The maximum absolute atomic E-state index is 5.29. The van der Waals surface area contributed by atoms with E-state index >= 15 is 0 Å². The summed E-state index contributed by atoms with van der Waals surface area (Å²) in [5.74, 6) is 1.95. The largest absolute Gasteiger partial charge is 0.208 e. The van der Waals surface area contributed by atoms with Gasteiger partial charge < -0.3 is 0 Å². The van der Waals surface area contributed by atoms with Crippen LogP contribution in [-0.4, -0.2) is 15.0 Å². The molecule has 0 saturated heterocycles. The molecule has 0 aliphatic heterocycles. The maximum atomic E-state index is 5.29. The van der Waals surface area contributed by atoms with E-state index in [4.69, 9.17) is 15.0 Å². The summed E-state index contributed by atoms with van der Waals surface area (Å²) in [4.78, 5) is 15.6. The van der Waals surface area contributed by atoms with E-state index in [2.05, 4.69) is 170 Å². The minimum absolute atomic E-state index is 0.640. The van der Waals surface area contributed by atoms with Crippen molar-refractivity contribution in [1.29, 1.82) is 0 Å². The first-order valence-corrected chi connectivity index (χ1v) is 18.4. The Bertz CT molecular complexity index is 3260. The molecule has 0 amide bonds. The monoisotopic (exact) mass is 685 g/mol. The molecule has 0 spiro atoms. The Labute approximate surface area is 311 Å². The average Bonchev–Trinajstić information content (AvgIpc) is 3.25. The first-order valence-electron chi connectivity index (χ1n) is 18.4. The zero-order valence-corrected chi connectivity index (χ0v) is 29.2. The third kappa shape index (κ3) is 4.87. The topological polar surface area (TPSA) is 38.7 Å². The summed E-state index contributed by atoms with van der Waals surface area (Å²) in [6, 6.07) is 67.0. The second-order valence-corrected chi connectivity index (χ2v) is 14.0. The number of fused-ring (bicyclic) bond motifs is 8. The second-order valence-electron chi connectivity index (χ2n) is 14.0. The van der Waals surface area contributed by atoms with E-state index in [1.807, 2.05) is 18.2 Å². The van der Waals surface area contributed by atoms with Crippen molar-refractivity contribution in [3.8, 4) is 45.3 Å². The third-order valence-electron chi connectivity index (χ3n) is 10.9. The Morgan fingerprint density at radius 2 is 0.630 bits per heavy atom. The molecule has 0 aliphatic rings. The van der Waals surface area contributed by atoms with Crippen LogP contribution in [0.2, 0.25) is 0 Å². The van der Waals surface area contributed by atoms with Crippen molar-refractivity contribution >= 4 is 64.6 Å². The Morgan fingerprint density at radius 3 is 1.20 bits per heavy atom. The van der Waals surface area contributed by atoms with Gasteiger partial charge in [-0.1, -0.05) is 176 Å². The summed E-state index contributed by atoms with van der Waals surface area (Å²) in [7, 11) is 0. The molecule has 0 bridgehead atoms. The van der Waals surface area contributed by atoms with E-state index in [1.165, 1.54) is 54.0 Å². The number of nitrogens with zero attached hydrogens (tertiary/aromatic N) is 3. The van der Waals surface area contributed by atoms with E-state index in [-0.39, 0.29) is 0 Å². The highest BCUT2D eigenvalue weighted by Crippen LogP contribution is 2.41. The first-order chi connectivity index (χ1) is 26.8. The van der Waals surface area contributed by atoms with Crippen LogP contribution in [0.25, 0.3) is 110 Å². The van der Waals surface area contributed by atoms with Crippen molar-refractivity contribution in [1.82, 2.24) is 15.0 Å². The van der Waals surface area contributed by atoms with Crippen LogP contribution < -0.4 is 0 Å². The second kappa shape index (κ2) is 12.2. The highest BCUT2D eigenvalue weighted by atomic mass is 15.0. The van der Waals surface area contributed by atoms with Crippen LogP contribution in [-0.2, 0) is 0 Å². The predicted octanol–water partition coefficient (Wildman–Crippen LogP) is 13.5. The number of benzene rings is 10. The lowest BCUT2D eigenvalue weighted by Gasteiger charge is -2.15. The lowest BCUT2D eigenvalue weighted by atomic mass is 9.89. The number of hydrogen-bond donors (Lipinski definition) is 0. The van der Waals surface area contributed by atoms with Crippen molar-refractivity contribution in [2.75, 3.05) is 0 Å². The Hall–Kier alpha value is -7.23. The molecule has 0 saturated carbocycles. The van der Waals surface area contributed by atoms with E-state index in [0.717, 1.165) is 38.4 Å². The molecule has 0 unspecified atom stereocenters. The number of aromatic nitrogens is 3. The zero-order chi connectivity index (χ0) is 35.6. The molecule has 11 rings (SSSR count). The van der Waals surface area contributed by atoms with E-state index < -0.39 is 0 Å². The molecule has 54 heavy (non-hydrogen) atoms. The highest BCUT2D eigenvalue weighted by Gasteiger charge is 2.19. The molecular weight excluding hydrogens is 655 g/mol. The molecule has 250 valence electrons. The Balaban J connectivity index is 1.13. The highest BCUT2D eigenvalue weighted by molar-refractivity contribution is 6.21. The van der Waals surface area contributed by atoms with Crippen molar-refractivity contribution in [3.63, 3.8) is 0 Å². The minimum atomic E-state index is 0.640. The lowest BCUT2D eigenvalue weighted by molar-refractivity contribution is 1.08. The van der Waals surface area contributed by atoms with Gasteiger partial charge in [0, 0.05) is 16.7 Å². The van der Waals surface area contributed by atoms with Crippen molar-refractivity contribution in [2.45, 2.75) is 0 Å². The molecule has 1 heterocycles. The zero-order valence-electron chi connectivity index (χ0n) is 29.2. The summed E-state index contributed by atoms with van der Waals surface area (Å²) in [6.07, 6.45) is 0. The number of hydrogen-bond acceptors (Lipinski definition) is 3. The third-order valence-corrected chi connectivity index (χ3v) is 10.9. The van der Waals surface area contributed by atoms with Crippen molar-refractivity contribution in [2.24, 2.45) is 0 Å². The fourth-order valence-corrected chi connectivity index (χ4v) is 8.31. The summed E-state index contributed by atoms with van der Waals surface area (Å²) < 4.78 is 0. The van der Waals surface area contributed by atoms with Crippen LogP contribution >= 0.6 is 0 Å². The molecule has 11 aromatic rings. The molecule has 0 radical (unpaired) electrons. The van der Waals surface area contributed by atoms with Gasteiger partial charge in [0.2, 0.25) is 0 Å². The SMILES string of the molecule is c1ccc(-c2nc(-c3ccc(-c4c5ccccc5cc5c4ccc4ccccc45)cc3)nc(-c3c4ccccc4cc4c3ccc3ccccc34)n2)cc1. The summed E-state index contributed by atoms with van der Waals surface area (Å²) in [5.41, 5.74) is 5.28. The van der Waals surface area contributed by atoms with Crippen LogP contribution in [0.4, 0.5) is 0 Å². The standard InChI is InChI=1S/C51H31N3/c1-2-14-35(15-3-1)49-52-50(54-51(53-49)48-42-21-11-7-17-38(42)31-46-40-19-9-5-13-33(40)27-29-44(46)48)36-24-22-34(23-25-36)47-41-20-10-6-16-37(41)30-45-39-18-8-4-12-32(39)26-28-43(45)47/h1-31H. The van der Waals surface area contributed by atoms with Gasteiger partial charge in [-0.15, -0.1) is 0 Å². The smallest absolute Gasteiger partial charge is 0.165 e. The van der Waals surface area contributed by atoms with E-state index in [9.17, 15) is 0 Å². The van der Waals surface area contributed by atoms with Gasteiger partial charge in [0.1, 0.15) is 0 Å². The van der Waals surface area contributed by atoms with Crippen LogP contribution in [0.5, 0.6) is 0 Å². The van der Waals surface area contributed by atoms with Gasteiger partial charge >= 0.3 is 0 Å². The van der Waals surface area contributed by atoms with Gasteiger partial charge in [0.05, 0.1) is 0 Å². The van der Waals surface area contributed by atoms with Gasteiger partial charge in [-0.3, -0.25) is 0 Å². The van der Waals surface area contributed by atoms with Crippen molar-refractivity contribution < 1.29 is 0 Å². The van der Waals surface area contributed by atoms with Crippen LogP contribution in [0.3, 0.4) is 0 Å². The van der Waals surface area contributed by atoms with Crippen molar-refractivity contribution in [3.05, 3.63) is 188 Å². The molecule has 3 nitrogen and oxygen atoms in total. The minimum Gasteiger partial charge on any atom is -0.208 e. The molecule has 10 aromatic carbocycles. The van der Waals surface area contributed by atoms with E-state index in [1.54, 1.807) is 0 Å². The average molecular weight is 686 g/mol. The summed E-state index contributed by atoms with van der Waals surface area (Å²) >= 11 is 0. The van der Waals surface area contributed by atoms with Crippen LogP contribution in [0.1, 0.15) is 0 Å². The summed E-state index contributed by atoms with van der Waals surface area (Å²) in [6.45, 7) is 0. The quantitative estimate of drug-likeness (QED) is 0.137. The molecule has 0 N–H and O–H groups in total. The molecule has 1 aromatic heterocycles. The predicted molar refractivity (Wildman–Crippen MR) is 227 cm³/mol. The lowest BCUT2D eigenvalue weighted by Crippen LogP contribution is -2.01. The summed E-state index contributed by atoms with van der Waals surface area (Å²) in [5, 5.41) is 14.5. The Morgan fingerprint density at radius 1 is 0.222 bits per heavy atom.